The molecule has 1 aromatic heterocycles. The highest BCUT2D eigenvalue weighted by Gasteiger charge is 2.36. The Balaban J connectivity index is 0.00000147. The quantitative estimate of drug-likeness (QED) is 0.926. The highest BCUT2D eigenvalue weighted by molar-refractivity contribution is 5.85. The van der Waals surface area contributed by atoms with Crippen LogP contribution in [0.3, 0.4) is 0 Å². The van der Waals surface area contributed by atoms with Gasteiger partial charge in [-0.15, -0.1) is 12.4 Å². The topological polar surface area (TPSA) is 51.0 Å². The van der Waals surface area contributed by atoms with Gasteiger partial charge in [-0.1, -0.05) is 17.3 Å². The van der Waals surface area contributed by atoms with Crippen LogP contribution in [0.2, 0.25) is 0 Å². The van der Waals surface area contributed by atoms with E-state index in [1.807, 2.05) is 6.07 Å². The Morgan fingerprint density at radius 2 is 2.20 bits per heavy atom. The average molecular weight is 298 g/mol. The molecule has 6 heteroatoms. The minimum atomic E-state index is -0.252. The molecule has 1 aromatic carbocycles. The Morgan fingerprint density at radius 1 is 1.40 bits per heavy atom. The molecule has 1 N–H and O–H groups in total. The first-order valence-corrected chi connectivity index (χ1v) is 6.40. The fourth-order valence-corrected chi connectivity index (χ4v) is 2.32. The second kappa shape index (κ2) is 5.50. The van der Waals surface area contributed by atoms with Crippen molar-refractivity contribution >= 4 is 12.4 Å². The van der Waals surface area contributed by atoms with Gasteiger partial charge in [-0.25, -0.2) is 4.39 Å². The van der Waals surface area contributed by atoms with E-state index in [4.69, 9.17) is 4.52 Å². The largest absolute Gasteiger partial charge is 0.338 e. The SMILES string of the molecule is Cc1ccc(-c2noc(C3(C)CCNC3)n2)cc1F.Cl. The van der Waals surface area contributed by atoms with Crippen LogP contribution < -0.4 is 5.32 Å². The normalized spacial score (nSPS) is 21.8. The minimum Gasteiger partial charge on any atom is -0.338 e. The number of benzene rings is 1. The molecule has 0 saturated carbocycles. The summed E-state index contributed by atoms with van der Waals surface area (Å²) in [5, 5.41) is 7.26. The van der Waals surface area contributed by atoms with Crippen molar-refractivity contribution in [3.05, 3.63) is 35.5 Å². The molecule has 2 heterocycles. The first kappa shape index (κ1) is 14.9. The number of hydrogen-bond donors (Lipinski definition) is 1. The zero-order valence-electron chi connectivity index (χ0n) is 11.4. The lowest BCUT2D eigenvalue weighted by atomic mass is 9.90. The predicted octanol–water partition coefficient (Wildman–Crippen LogP) is 2.86. The molecular weight excluding hydrogens is 281 g/mol. The van der Waals surface area contributed by atoms with E-state index in [9.17, 15) is 4.39 Å². The molecule has 2 aromatic rings. The molecule has 0 aliphatic carbocycles. The van der Waals surface area contributed by atoms with Gasteiger partial charge in [0, 0.05) is 12.1 Å². The van der Waals surface area contributed by atoms with E-state index in [-0.39, 0.29) is 23.6 Å². The van der Waals surface area contributed by atoms with Gasteiger partial charge in [-0.2, -0.15) is 4.98 Å². The van der Waals surface area contributed by atoms with Crippen molar-refractivity contribution in [2.24, 2.45) is 0 Å². The molecule has 1 fully saturated rings. The Morgan fingerprint density at radius 3 is 2.85 bits per heavy atom. The lowest BCUT2D eigenvalue weighted by molar-refractivity contribution is 0.306. The van der Waals surface area contributed by atoms with Gasteiger partial charge in [0.1, 0.15) is 5.82 Å². The fourth-order valence-electron chi connectivity index (χ4n) is 2.32. The molecule has 108 valence electrons. The molecule has 3 rings (SSSR count). The lowest BCUT2D eigenvalue weighted by Crippen LogP contribution is -2.25. The van der Waals surface area contributed by atoms with Gasteiger partial charge in [0.25, 0.3) is 0 Å². The first-order valence-electron chi connectivity index (χ1n) is 6.40. The van der Waals surface area contributed by atoms with Crippen LogP contribution in [0.15, 0.2) is 22.7 Å². The molecular formula is C14H17ClFN3O. The summed E-state index contributed by atoms with van der Waals surface area (Å²) in [7, 11) is 0. The predicted molar refractivity (Wildman–Crippen MR) is 76.5 cm³/mol. The summed E-state index contributed by atoms with van der Waals surface area (Å²) in [4.78, 5) is 4.42. The molecule has 1 atom stereocenters. The van der Waals surface area contributed by atoms with Crippen molar-refractivity contribution in [2.45, 2.75) is 25.7 Å². The maximum atomic E-state index is 13.6. The smallest absolute Gasteiger partial charge is 0.234 e. The molecule has 1 aliphatic rings. The number of aryl methyl sites for hydroxylation is 1. The first-order chi connectivity index (χ1) is 9.08. The highest BCUT2D eigenvalue weighted by Crippen LogP contribution is 2.30. The summed E-state index contributed by atoms with van der Waals surface area (Å²) in [6.07, 6.45) is 0.969. The van der Waals surface area contributed by atoms with E-state index < -0.39 is 0 Å². The van der Waals surface area contributed by atoms with Crippen molar-refractivity contribution in [1.82, 2.24) is 15.5 Å². The Kier molecular flexibility index (Phi) is 4.11. The summed E-state index contributed by atoms with van der Waals surface area (Å²) in [5.41, 5.74) is 1.14. The third-order valence-electron chi connectivity index (χ3n) is 3.74. The minimum absolute atomic E-state index is 0. The summed E-state index contributed by atoms with van der Waals surface area (Å²) in [6.45, 7) is 5.61. The van der Waals surface area contributed by atoms with E-state index in [1.54, 1.807) is 13.0 Å². The van der Waals surface area contributed by atoms with Gasteiger partial charge in [-0.3, -0.25) is 0 Å². The van der Waals surface area contributed by atoms with E-state index in [0.29, 0.717) is 22.8 Å². The Labute approximate surface area is 123 Å². The Hall–Kier alpha value is -1.46. The average Bonchev–Trinajstić information content (AvgIpc) is 3.02. The molecule has 0 bridgehead atoms. The van der Waals surface area contributed by atoms with E-state index in [0.717, 1.165) is 19.5 Å². The molecule has 0 spiro atoms. The maximum Gasteiger partial charge on any atom is 0.234 e. The lowest BCUT2D eigenvalue weighted by Gasteiger charge is -2.15. The third kappa shape index (κ3) is 2.55. The van der Waals surface area contributed by atoms with E-state index in [2.05, 4.69) is 22.4 Å². The van der Waals surface area contributed by atoms with Gasteiger partial charge in [0.05, 0.1) is 5.41 Å². The maximum absolute atomic E-state index is 13.6. The van der Waals surface area contributed by atoms with Gasteiger partial charge in [0.15, 0.2) is 0 Å². The van der Waals surface area contributed by atoms with Crippen molar-refractivity contribution in [1.29, 1.82) is 0 Å². The van der Waals surface area contributed by atoms with Crippen LogP contribution in [0.1, 0.15) is 24.8 Å². The van der Waals surface area contributed by atoms with Crippen LogP contribution in [-0.2, 0) is 5.41 Å². The summed E-state index contributed by atoms with van der Waals surface area (Å²) >= 11 is 0. The number of nitrogens with zero attached hydrogens (tertiary/aromatic N) is 2. The molecule has 20 heavy (non-hydrogen) atoms. The number of aromatic nitrogens is 2. The summed E-state index contributed by atoms with van der Waals surface area (Å²) in [6, 6.07) is 4.97. The van der Waals surface area contributed by atoms with E-state index in [1.165, 1.54) is 6.07 Å². The number of hydrogen-bond acceptors (Lipinski definition) is 4. The van der Waals surface area contributed by atoms with Crippen LogP contribution in [0.25, 0.3) is 11.4 Å². The molecule has 0 radical (unpaired) electrons. The van der Waals surface area contributed by atoms with Crippen molar-refractivity contribution in [2.75, 3.05) is 13.1 Å². The third-order valence-corrected chi connectivity index (χ3v) is 3.74. The van der Waals surface area contributed by atoms with Crippen LogP contribution in [0.4, 0.5) is 4.39 Å². The second-order valence-corrected chi connectivity index (χ2v) is 5.37. The zero-order valence-corrected chi connectivity index (χ0v) is 12.3. The van der Waals surface area contributed by atoms with Crippen molar-refractivity contribution < 1.29 is 8.91 Å². The summed E-state index contributed by atoms with van der Waals surface area (Å²) < 4.78 is 18.9. The number of rotatable bonds is 2. The van der Waals surface area contributed by atoms with Gasteiger partial charge < -0.3 is 9.84 Å². The van der Waals surface area contributed by atoms with Crippen molar-refractivity contribution in [3.8, 4) is 11.4 Å². The second-order valence-electron chi connectivity index (χ2n) is 5.37. The fraction of sp³-hybridized carbons (Fsp3) is 0.429. The van der Waals surface area contributed by atoms with Crippen molar-refractivity contribution in [3.63, 3.8) is 0 Å². The van der Waals surface area contributed by atoms with Crippen LogP contribution >= 0.6 is 12.4 Å². The highest BCUT2D eigenvalue weighted by atomic mass is 35.5. The van der Waals surface area contributed by atoms with Crippen LogP contribution in [0, 0.1) is 12.7 Å². The zero-order chi connectivity index (χ0) is 13.5. The molecule has 0 amide bonds. The van der Waals surface area contributed by atoms with Gasteiger partial charge in [0.2, 0.25) is 11.7 Å². The molecule has 1 aliphatic heterocycles. The Bertz CT molecular complexity index is 608. The molecule has 1 unspecified atom stereocenters. The number of nitrogens with one attached hydrogen (secondary N) is 1. The number of halogens is 2. The summed E-state index contributed by atoms with van der Waals surface area (Å²) in [5.74, 6) is 0.813. The van der Waals surface area contributed by atoms with Crippen LogP contribution in [0.5, 0.6) is 0 Å². The molecule has 1 saturated heterocycles. The van der Waals surface area contributed by atoms with Gasteiger partial charge >= 0.3 is 0 Å². The monoisotopic (exact) mass is 297 g/mol. The molecule has 4 nitrogen and oxygen atoms in total. The standard InChI is InChI=1S/C14H16FN3O.ClH/c1-9-3-4-10(7-11(9)15)12-17-13(19-18-12)14(2)5-6-16-8-14;/h3-4,7,16H,5-6,8H2,1-2H3;1H. The van der Waals surface area contributed by atoms with E-state index >= 15 is 0 Å². The van der Waals surface area contributed by atoms with Gasteiger partial charge in [-0.05, 0) is 38.4 Å². The van der Waals surface area contributed by atoms with Crippen LogP contribution in [-0.4, -0.2) is 23.2 Å².